The minimum atomic E-state index is -0.545. The molecule has 24 heavy (non-hydrogen) atoms. The molecule has 0 bridgehead atoms. The third kappa shape index (κ3) is 4.31. The van der Waals surface area contributed by atoms with Crippen molar-refractivity contribution in [2.45, 2.75) is 37.1 Å². The Morgan fingerprint density at radius 3 is 2.42 bits per heavy atom. The summed E-state index contributed by atoms with van der Waals surface area (Å²) >= 11 is 1.18. The molecule has 3 amide bonds. The predicted molar refractivity (Wildman–Crippen MR) is 91.2 cm³/mol. The summed E-state index contributed by atoms with van der Waals surface area (Å²) in [7, 11) is 1.45. The van der Waals surface area contributed by atoms with Gasteiger partial charge in [0.25, 0.3) is 0 Å². The van der Waals surface area contributed by atoms with E-state index in [2.05, 4.69) is 40.0 Å². The molecule has 0 aliphatic rings. The molecule has 2 rings (SSSR count). The van der Waals surface area contributed by atoms with E-state index in [1.54, 1.807) is 11.6 Å². The predicted octanol–water partition coefficient (Wildman–Crippen LogP) is 1.72. The van der Waals surface area contributed by atoms with Crippen LogP contribution in [0, 0.1) is 0 Å². The standard InChI is InChI=1S/C15H20N6O2S/c1-9(2)11-5-7-12(8-6-11)21-15(18-19-20-21)24-10(3)13(22)17-14(23)16-4/h5-10H,1-4H3,(H2,16,17,22,23)/t10-/m0/s1. The normalized spacial score (nSPS) is 12.0. The quantitative estimate of drug-likeness (QED) is 0.798. The number of carbonyl (C=O) groups excluding carboxylic acids is 2. The van der Waals surface area contributed by atoms with E-state index in [4.69, 9.17) is 0 Å². The minimum Gasteiger partial charge on any atom is -0.341 e. The topological polar surface area (TPSA) is 102 Å². The molecule has 0 saturated carbocycles. The van der Waals surface area contributed by atoms with Crippen LogP contribution in [0.3, 0.4) is 0 Å². The lowest BCUT2D eigenvalue weighted by molar-refractivity contribution is -0.119. The number of carbonyl (C=O) groups is 2. The summed E-state index contributed by atoms with van der Waals surface area (Å²) in [6.45, 7) is 5.93. The molecule has 0 saturated heterocycles. The molecule has 8 nitrogen and oxygen atoms in total. The van der Waals surface area contributed by atoms with E-state index in [9.17, 15) is 9.59 Å². The zero-order valence-corrected chi connectivity index (χ0v) is 14.8. The Morgan fingerprint density at radius 2 is 1.83 bits per heavy atom. The van der Waals surface area contributed by atoms with E-state index in [0.717, 1.165) is 5.69 Å². The number of aromatic nitrogens is 4. The van der Waals surface area contributed by atoms with Crippen LogP contribution >= 0.6 is 11.8 Å². The molecule has 1 atom stereocenters. The third-order valence-electron chi connectivity index (χ3n) is 3.36. The maximum absolute atomic E-state index is 11.9. The summed E-state index contributed by atoms with van der Waals surface area (Å²) in [6, 6.07) is 7.38. The van der Waals surface area contributed by atoms with Crippen molar-refractivity contribution in [2.75, 3.05) is 7.05 Å². The molecule has 0 radical (unpaired) electrons. The largest absolute Gasteiger partial charge is 0.341 e. The van der Waals surface area contributed by atoms with Gasteiger partial charge in [0.05, 0.1) is 10.9 Å². The number of nitrogens with zero attached hydrogens (tertiary/aromatic N) is 4. The van der Waals surface area contributed by atoms with Gasteiger partial charge in [0.1, 0.15) is 0 Å². The average molecular weight is 348 g/mol. The van der Waals surface area contributed by atoms with Crippen LogP contribution in [-0.2, 0) is 4.79 Å². The van der Waals surface area contributed by atoms with Crippen LogP contribution in [0.25, 0.3) is 5.69 Å². The molecular weight excluding hydrogens is 328 g/mol. The van der Waals surface area contributed by atoms with E-state index < -0.39 is 17.2 Å². The molecule has 0 unspecified atom stereocenters. The third-order valence-corrected chi connectivity index (χ3v) is 4.39. The molecule has 0 fully saturated rings. The number of imide groups is 1. The van der Waals surface area contributed by atoms with Gasteiger partial charge in [0, 0.05) is 7.05 Å². The van der Waals surface area contributed by atoms with Crippen LogP contribution in [0.2, 0.25) is 0 Å². The van der Waals surface area contributed by atoms with Gasteiger partial charge in [-0.15, -0.1) is 5.10 Å². The molecule has 1 aromatic heterocycles. The van der Waals surface area contributed by atoms with Crippen LogP contribution in [0.4, 0.5) is 4.79 Å². The summed E-state index contributed by atoms with van der Waals surface area (Å²) in [5, 5.41) is 16.1. The van der Waals surface area contributed by atoms with Crippen LogP contribution in [-0.4, -0.2) is 44.4 Å². The van der Waals surface area contributed by atoms with Crippen LogP contribution in [0.1, 0.15) is 32.3 Å². The second-order valence-electron chi connectivity index (χ2n) is 5.45. The van der Waals surface area contributed by atoms with Crippen molar-refractivity contribution in [2.24, 2.45) is 0 Å². The van der Waals surface area contributed by atoms with Gasteiger partial charge in [-0.25, -0.2) is 4.79 Å². The van der Waals surface area contributed by atoms with Gasteiger partial charge in [0.15, 0.2) is 0 Å². The molecule has 1 heterocycles. The fourth-order valence-electron chi connectivity index (χ4n) is 1.90. The van der Waals surface area contributed by atoms with Gasteiger partial charge in [-0.3, -0.25) is 10.1 Å². The minimum absolute atomic E-state index is 0.413. The van der Waals surface area contributed by atoms with E-state index in [1.807, 2.05) is 24.3 Å². The second-order valence-corrected chi connectivity index (χ2v) is 6.76. The summed E-state index contributed by atoms with van der Waals surface area (Å²) < 4.78 is 1.57. The SMILES string of the molecule is CNC(=O)NC(=O)[C@H](C)Sc1nnnn1-c1ccc(C(C)C)cc1. The number of urea groups is 1. The summed E-state index contributed by atoms with van der Waals surface area (Å²) in [6.07, 6.45) is 0. The Bertz CT molecular complexity index is 713. The average Bonchev–Trinajstić information content (AvgIpc) is 3.02. The molecule has 9 heteroatoms. The Kier molecular flexibility index (Phi) is 5.91. The van der Waals surface area contributed by atoms with Crippen molar-refractivity contribution in [3.05, 3.63) is 29.8 Å². The summed E-state index contributed by atoms with van der Waals surface area (Å²) in [5.74, 6) is 0.0271. The van der Waals surface area contributed by atoms with Crippen LogP contribution in [0.5, 0.6) is 0 Å². The zero-order valence-electron chi connectivity index (χ0n) is 14.0. The Hall–Kier alpha value is -2.42. The van der Waals surface area contributed by atoms with Gasteiger partial charge in [-0.05, 0) is 41.0 Å². The number of rotatable bonds is 5. The number of amides is 3. The number of benzene rings is 1. The molecule has 0 spiro atoms. The van der Waals surface area contributed by atoms with E-state index in [0.29, 0.717) is 11.1 Å². The first-order valence-corrected chi connectivity index (χ1v) is 8.38. The molecule has 2 aromatic rings. The number of hydrogen-bond donors (Lipinski definition) is 2. The highest BCUT2D eigenvalue weighted by atomic mass is 32.2. The summed E-state index contributed by atoms with van der Waals surface area (Å²) in [5.41, 5.74) is 2.03. The van der Waals surface area contributed by atoms with Gasteiger partial charge in [0.2, 0.25) is 11.1 Å². The fraction of sp³-hybridized carbons (Fsp3) is 0.400. The van der Waals surface area contributed by atoms with Crippen molar-refractivity contribution >= 4 is 23.7 Å². The van der Waals surface area contributed by atoms with Gasteiger partial charge < -0.3 is 5.32 Å². The molecule has 0 aliphatic carbocycles. The van der Waals surface area contributed by atoms with Crippen molar-refractivity contribution in [1.29, 1.82) is 0 Å². The highest BCUT2D eigenvalue weighted by molar-refractivity contribution is 8.00. The lowest BCUT2D eigenvalue weighted by atomic mass is 10.0. The monoisotopic (exact) mass is 348 g/mol. The highest BCUT2D eigenvalue weighted by Crippen LogP contribution is 2.24. The molecule has 1 aromatic carbocycles. The maximum Gasteiger partial charge on any atom is 0.321 e. The van der Waals surface area contributed by atoms with E-state index in [1.165, 1.54) is 24.4 Å². The van der Waals surface area contributed by atoms with Crippen molar-refractivity contribution < 1.29 is 9.59 Å². The number of thioether (sulfide) groups is 1. The summed E-state index contributed by atoms with van der Waals surface area (Å²) in [4.78, 5) is 23.1. The second kappa shape index (κ2) is 7.91. The Morgan fingerprint density at radius 1 is 1.17 bits per heavy atom. The Balaban J connectivity index is 2.12. The lowest BCUT2D eigenvalue weighted by Crippen LogP contribution is -2.41. The molecule has 2 N–H and O–H groups in total. The maximum atomic E-state index is 11.9. The van der Waals surface area contributed by atoms with Crippen LogP contribution in [0.15, 0.2) is 29.4 Å². The number of hydrogen-bond acceptors (Lipinski definition) is 6. The van der Waals surface area contributed by atoms with Gasteiger partial charge >= 0.3 is 6.03 Å². The van der Waals surface area contributed by atoms with Crippen molar-refractivity contribution in [3.8, 4) is 5.69 Å². The van der Waals surface area contributed by atoms with Crippen LogP contribution < -0.4 is 10.6 Å². The Labute approximate surface area is 144 Å². The van der Waals surface area contributed by atoms with E-state index >= 15 is 0 Å². The first-order chi connectivity index (χ1) is 11.4. The number of nitrogens with one attached hydrogen (secondary N) is 2. The first kappa shape index (κ1) is 17.9. The van der Waals surface area contributed by atoms with Crippen molar-refractivity contribution in [3.63, 3.8) is 0 Å². The lowest BCUT2D eigenvalue weighted by Gasteiger charge is -2.11. The first-order valence-electron chi connectivity index (χ1n) is 7.50. The molecule has 128 valence electrons. The number of tetrazole rings is 1. The highest BCUT2D eigenvalue weighted by Gasteiger charge is 2.20. The molecule has 0 aliphatic heterocycles. The van der Waals surface area contributed by atoms with Crippen molar-refractivity contribution in [1.82, 2.24) is 30.8 Å². The van der Waals surface area contributed by atoms with Gasteiger partial charge in [-0.2, -0.15) is 4.68 Å². The molecular formula is C15H20N6O2S. The van der Waals surface area contributed by atoms with E-state index in [-0.39, 0.29) is 0 Å². The smallest absolute Gasteiger partial charge is 0.321 e. The fourth-order valence-corrected chi connectivity index (χ4v) is 2.71. The zero-order chi connectivity index (χ0) is 17.7. The van der Waals surface area contributed by atoms with Gasteiger partial charge in [-0.1, -0.05) is 37.7 Å².